The molecule has 0 aromatic carbocycles. The van der Waals surface area contributed by atoms with Gasteiger partial charge < -0.3 is 10.4 Å². The predicted molar refractivity (Wildman–Crippen MR) is 60.9 cm³/mol. The summed E-state index contributed by atoms with van der Waals surface area (Å²) in [4.78, 5) is 6.75. The van der Waals surface area contributed by atoms with E-state index in [4.69, 9.17) is 10.7 Å². The molecule has 0 spiro atoms. The molecular weight excluding hydrogens is 192 g/mol. The number of guanidine groups is 1. The summed E-state index contributed by atoms with van der Waals surface area (Å²) < 4.78 is 2.08. The molecule has 0 amide bonds. The minimum atomic E-state index is 1.19. The van der Waals surface area contributed by atoms with E-state index in [2.05, 4.69) is 19.4 Å². The first-order valence-corrected chi connectivity index (χ1v) is 4.25. The quantitative estimate of drug-likeness (QED) is 0.243. The topological polar surface area (TPSA) is 67.9 Å². The zero-order valence-electron chi connectivity index (χ0n) is 10.2. The summed E-state index contributed by atoms with van der Waals surface area (Å²) in [6.07, 6.45) is 1.28. The SMILES string of the molecule is CN(C)C(N(C)C)=[N+](C)C.N#CN=C=[N-]. The molecule has 0 unspecified atom stereocenters. The molecule has 84 valence electrons. The average molecular weight is 210 g/mol. The fourth-order valence-electron chi connectivity index (χ4n) is 1.22. The van der Waals surface area contributed by atoms with Crippen LogP contribution in [0.2, 0.25) is 0 Å². The van der Waals surface area contributed by atoms with Crippen LogP contribution in [0.4, 0.5) is 0 Å². The van der Waals surface area contributed by atoms with Crippen LogP contribution >= 0.6 is 0 Å². The third-order valence-corrected chi connectivity index (χ3v) is 1.30. The van der Waals surface area contributed by atoms with Gasteiger partial charge in [-0.2, -0.15) is 5.26 Å². The zero-order chi connectivity index (χ0) is 12.4. The summed E-state index contributed by atoms with van der Waals surface area (Å²) in [6.45, 7) is 0. The summed E-state index contributed by atoms with van der Waals surface area (Å²) >= 11 is 0. The molecular formula is C9H18N6. The Labute approximate surface area is 91.3 Å². The maximum absolute atomic E-state index is 7.43. The molecule has 0 aromatic heterocycles. The molecule has 0 atom stereocenters. The summed E-state index contributed by atoms with van der Waals surface area (Å²) in [5.74, 6) is 1.19. The fourth-order valence-corrected chi connectivity index (χ4v) is 1.22. The Morgan fingerprint density at radius 2 is 1.60 bits per heavy atom. The summed E-state index contributed by atoms with van der Waals surface area (Å²) in [6, 6.07) is 1.28. The molecule has 0 N–H and O–H groups in total. The van der Waals surface area contributed by atoms with Crippen molar-refractivity contribution in [1.82, 2.24) is 9.80 Å². The minimum absolute atomic E-state index is 1.19. The Morgan fingerprint density at radius 1 is 1.20 bits per heavy atom. The van der Waals surface area contributed by atoms with Gasteiger partial charge in [0, 0.05) is 0 Å². The highest BCUT2D eigenvalue weighted by Crippen LogP contribution is 1.84. The Morgan fingerprint density at radius 3 is 1.60 bits per heavy atom. The molecule has 0 aromatic rings. The molecule has 6 heteroatoms. The van der Waals surface area contributed by atoms with E-state index in [9.17, 15) is 0 Å². The van der Waals surface area contributed by atoms with Gasteiger partial charge in [-0.1, -0.05) is 0 Å². The second-order valence-corrected chi connectivity index (χ2v) is 3.30. The van der Waals surface area contributed by atoms with Crippen LogP contribution in [0.5, 0.6) is 0 Å². The molecule has 0 saturated carbocycles. The lowest BCUT2D eigenvalue weighted by molar-refractivity contribution is -0.475. The number of hydrogen-bond donors (Lipinski definition) is 0. The van der Waals surface area contributed by atoms with Crippen LogP contribution in [0.25, 0.3) is 5.41 Å². The predicted octanol–water partition coefficient (Wildman–Crippen LogP) is -0.0515. The first kappa shape index (κ1) is 15.6. The highest BCUT2D eigenvalue weighted by atomic mass is 15.4. The van der Waals surface area contributed by atoms with Gasteiger partial charge in [0.1, 0.15) is 0 Å². The van der Waals surface area contributed by atoms with E-state index in [1.807, 2.05) is 42.3 Å². The molecule has 0 bridgehead atoms. The van der Waals surface area contributed by atoms with Crippen LogP contribution in [0.15, 0.2) is 4.99 Å². The Hall–Kier alpha value is -1.86. The Balaban J connectivity index is 0. The first-order valence-electron chi connectivity index (χ1n) is 4.25. The monoisotopic (exact) mass is 210 g/mol. The van der Waals surface area contributed by atoms with Crippen molar-refractivity contribution in [1.29, 1.82) is 5.26 Å². The standard InChI is InChI=1S/C7H18N3.C2N3/c1-8(2)7(9(3)4)10(5)6;3-1-5-2-4/h1-6H3;/q+1;-1. The first-order chi connectivity index (χ1) is 6.88. The third kappa shape index (κ3) is 8.47. The highest BCUT2D eigenvalue weighted by Gasteiger charge is 2.12. The lowest BCUT2D eigenvalue weighted by atomic mass is 10.7. The van der Waals surface area contributed by atoms with Crippen molar-refractivity contribution >= 4 is 12.0 Å². The Bertz CT molecular complexity index is 276. The van der Waals surface area contributed by atoms with Crippen LogP contribution in [0.3, 0.4) is 0 Å². The van der Waals surface area contributed by atoms with Gasteiger partial charge in [-0.3, -0.25) is 14.4 Å². The second-order valence-electron chi connectivity index (χ2n) is 3.30. The summed E-state index contributed by atoms with van der Waals surface area (Å²) in [5.41, 5.74) is 0. The number of rotatable bonds is 0. The van der Waals surface area contributed by atoms with Gasteiger partial charge in [-0.15, -0.1) is 6.01 Å². The van der Waals surface area contributed by atoms with Crippen molar-refractivity contribution in [2.24, 2.45) is 4.99 Å². The number of nitrogens with zero attached hydrogens (tertiary/aromatic N) is 6. The van der Waals surface area contributed by atoms with Crippen molar-refractivity contribution in [2.75, 3.05) is 42.3 Å². The average Bonchev–Trinajstić information content (AvgIpc) is 2.03. The van der Waals surface area contributed by atoms with E-state index in [0.29, 0.717) is 0 Å². The Kier molecular flexibility index (Phi) is 9.08. The second kappa shape index (κ2) is 8.73. The maximum Gasteiger partial charge on any atom is 0.349 e. The van der Waals surface area contributed by atoms with Crippen molar-refractivity contribution in [2.45, 2.75) is 0 Å². The number of nitriles is 1. The van der Waals surface area contributed by atoms with Crippen LogP contribution < -0.4 is 0 Å². The molecule has 0 heterocycles. The van der Waals surface area contributed by atoms with E-state index in [0.717, 1.165) is 0 Å². The van der Waals surface area contributed by atoms with Crippen molar-refractivity contribution in [3.8, 4) is 6.19 Å². The van der Waals surface area contributed by atoms with Crippen LogP contribution in [0, 0.1) is 11.5 Å². The molecule has 0 aliphatic carbocycles. The normalized spacial score (nSPS) is 7.27. The van der Waals surface area contributed by atoms with Crippen LogP contribution in [-0.4, -0.2) is 68.6 Å². The maximum atomic E-state index is 7.43. The van der Waals surface area contributed by atoms with Gasteiger partial charge in [0.15, 0.2) is 0 Å². The van der Waals surface area contributed by atoms with Gasteiger partial charge in [-0.05, 0) is 0 Å². The largest absolute Gasteiger partial charge is 0.422 e. The van der Waals surface area contributed by atoms with Gasteiger partial charge in [0.2, 0.25) is 0 Å². The lowest BCUT2D eigenvalue weighted by Crippen LogP contribution is -2.40. The molecule has 0 saturated heterocycles. The fraction of sp³-hybridized carbons (Fsp3) is 0.667. The molecule has 0 rings (SSSR count). The van der Waals surface area contributed by atoms with Crippen LogP contribution in [0.1, 0.15) is 0 Å². The molecule has 0 fully saturated rings. The third-order valence-electron chi connectivity index (χ3n) is 1.30. The van der Waals surface area contributed by atoms with Crippen molar-refractivity contribution < 1.29 is 4.58 Å². The lowest BCUT2D eigenvalue weighted by Gasteiger charge is -2.16. The molecule has 0 aliphatic rings. The smallest absolute Gasteiger partial charge is 0.349 e. The zero-order valence-corrected chi connectivity index (χ0v) is 10.2. The molecule has 6 nitrogen and oxygen atoms in total. The summed E-state index contributed by atoms with van der Waals surface area (Å²) in [5, 5.41) is 14.9. The van der Waals surface area contributed by atoms with E-state index in [1.54, 1.807) is 0 Å². The van der Waals surface area contributed by atoms with Gasteiger partial charge in [0.25, 0.3) is 0 Å². The van der Waals surface area contributed by atoms with E-state index in [1.165, 1.54) is 18.2 Å². The van der Waals surface area contributed by atoms with Gasteiger partial charge in [-0.25, -0.2) is 0 Å². The van der Waals surface area contributed by atoms with Crippen molar-refractivity contribution in [3.63, 3.8) is 0 Å². The minimum Gasteiger partial charge on any atom is -0.422 e. The molecule has 0 radical (unpaired) electrons. The molecule has 0 aliphatic heterocycles. The van der Waals surface area contributed by atoms with Gasteiger partial charge in [0.05, 0.1) is 48.5 Å². The van der Waals surface area contributed by atoms with E-state index in [-0.39, 0.29) is 0 Å². The number of aliphatic imine (C=N–C) groups is 1. The van der Waals surface area contributed by atoms with E-state index < -0.39 is 0 Å². The van der Waals surface area contributed by atoms with Gasteiger partial charge >= 0.3 is 5.96 Å². The highest BCUT2D eigenvalue weighted by molar-refractivity contribution is 5.73. The van der Waals surface area contributed by atoms with Crippen molar-refractivity contribution in [3.05, 3.63) is 5.41 Å². The van der Waals surface area contributed by atoms with E-state index >= 15 is 0 Å². The molecule has 15 heavy (non-hydrogen) atoms. The number of hydrogen-bond acceptors (Lipinski definition) is 2. The summed E-state index contributed by atoms with van der Waals surface area (Å²) in [7, 11) is 12.2. The van der Waals surface area contributed by atoms with Crippen LogP contribution in [-0.2, 0) is 0 Å².